The molecule has 1 aliphatic carbocycles. The molecule has 7 heteroatoms. The first-order valence-corrected chi connectivity index (χ1v) is 7.57. The van der Waals surface area contributed by atoms with E-state index in [1.165, 1.54) is 0 Å². The second kappa shape index (κ2) is 6.68. The van der Waals surface area contributed by atoms with E-state index in [1.807, 2.05) is 24.3 Å². The number of ether oxygens (including phenoxy) is 1. The van der Waals surface area contributed by atoms with Gasteiger partial charge in [0, 0.05) is 4.90 Å². The maximum Gasteiger partial charge on any atom is 0.237 e. The molecule has 0 unspecified atom stereocenters. The molecule has 0 bridgehead atoms. The van der Waals surface area contributed by atoms with Gasteiger partial charge in [-0.2, -0.15) is 4.98 Å². The van der Waals surface area contributed by atoms with Crippen LogP contribution in [-0.2, 0) is 11.3 Å². The van der Waals surface area contributed by atoms with Gasteiger partial charge in [0.25, 0.3) is 0 Å². The van der Waals surface area contributed by atoms with E-state index in [0.717, 1.165) is 29.9 Å². The van der Waals surface area contributed by atoms with Crippen molar-refractivity contribution >= 4 is 24.2 Å². The largest absolute Gasteiger partial charge is 0.497 e. The van der Waals surface area contributed by atoms with Crippen molar-refractivity contribution in [2.24, 2.45) is 5.73 Å². The first-order chi connectivity index (χ1) is 9.69. The molecule has 2 N–H and O–H groups in total. The molecule has 21 heavy (non-hydrogen) atoms. The summed E-state index contributed by atoms with van der Waals surface area (Å²) in [5.41, 5.74) is 5.82. The molecule has 2 aromatic rings. The fourth-order valence-corrected chi connectivity index (χ4v) is 2.91. The van der Waals surface area contributed by atoms with Crippen LogP contribution in [-0.4, -0.2) is 17.3 Å². The van der Waals surface area contributed by atoms with Crippen molar-refractivity contribution in [1.82, 2.24) is 10.1 Å². The Morgan fingerprint density at radius 3 is 2.90 bits per heavy atom. The maximum atomic E-state index is 6.17. The fourth-order valence-electron chi connectivity index (χ4n) is 2.13. The Kier molecular flexibility index (Phi) is 5.13. The summed E-state index contributed by atoms with van der Waals surface area (Å²) >= 11 is 1.64. The van der Waals surface area contributed by atoms with Gasteiger partial charge in [0.05, 0.1) is 18.4 Å². The summed E-state index contributed by atoms with van der Waals surface area (Å²) in [5.74, 6) is 2.74. The lowest BCUT2D eigenvalue weighted by atomic mass is 9.77. The van der Waals surface area contributed by atoms with Crippen LogP contribution in [0.15, 0.2) is 33.7 Å². The van der Waals surface area contributed by atoms with Crippen molar-refractivity contribution in [1.29, 1.82) is 0 Å². The van der Waals surface area contributed by atoms with Crippen LogP contribution in [0, 0.1) is 0 Å². The number of nitrogens with two attached hydrogens (primary N) is 1. The van der Waals surface area contributed by atoms with Crippen molar-refractivity contribution in [3.05, 3.63) is 36.0 Å². The van der Waals surface area contributed by atoms with Gasteiger partial charge in [0.1, 0.15) is 5.75 Å². The molecule has 0 amide bonds. The molecule has 0 atom stereocenters. The van der Waals surface area contributed by atoms with E-state index in [0.29, 0.717) is 17.5 Å². The first-order valence-electron chi connectivity index (χ1n) is 6.58. The molecular formula is C14H18ClN3O2S. The van der Waals surface area contributed by atoms with Gasteiger partial charge < -0.3 is 15.0 Å². The quantitative estimate of drug-likeness (QED) is 0.850. The van der Waals surface area contributed by atoms with Crippen LogP contribution in [0.2, 0.25) is 0 Å². The van der Waals surface area contributed by atoms with E-state index in [4.69, 9.17) is 15.0 Å². The van der Waals surface area contributed by atoms with Crippen LogP contribution in [0.3, 0.4) is 0 Å². The third-order valence-electron chi connectivity index (χ3n) is 3.56. The highest BCUT2D eigenvalue weighted by Crippen LogP contribution is 2.37. The summed E-state index contributed by atoms with van der Waals surface area (Å²) in [6, 6.07) is 7.90. The van der Waals surface area contributed by atoms with Gasteiger partial charge >= 0.3 is 0 Å². The van der Waals surface area contributed by atoms with E-state index in [-0.39, 0.29) is 17.9 Å². The summed E-state index contributed by atoms with van der Waals surface area (Å²) in [4.78, 5) is 5.51. The molecule has 0 saturated heterocycles. The Hall–Kier alpha value is -1.24. The normalized spacial score (nSPS) is 15.9. The van der Waals surface area contributed by atoms with E-state index < -0.39 is 0 Å². The smallest absolute Gasteiger partial charge is 0.237 e. The third kappa shape index (κ3) is 3.51. The van der Waals surface area contributed by atoms with E-state index in [2.05, 4.69) is 10.1 Å². The van der Waals surface area contributed by atoms with E-state index >= 15 is 0 Å². The topological polar surface area (TPSA) is 74.2 Å². The minimum absolute atomic E-state index is 0. The lowest BCUT2D eigenvalue weighted by Gasteiger charge is -2.34. The number of halogens is 1. The van der Waals surface area contributed by atoms with Gasteiger partial charge in [0.2, 0.25) is 5.89 Å². The van der Waals surface area contributed by atoms with Gasteiger partial charge in [-0.15, -0.1) is 24.2 Å². The Morgan fingerprint density at radius 1 is 1.43 bits per heavy atom. The Morgan fingerprint density at radius 2 is 2.24 bits per heavy atom. The SMILES string of the molecule is COc1cccc(SCc2nc(C3(N)CCC3)no2)c1.Cl. The Bertz CT molecular complexity index is 601. The van der Waals surface area contributed by atoms with Crippen LogP contribution in [0.4, 0.5) is 0 Å². The number of hydrogen-bond donors (Lipinski definition) is 1. The lowest BCUT2D eigenvalue weighted by molar-refractivity contribution is 0.229. The highest BCUT2D eigenvalue weighted by atomic mass is 35.5. The molecule has 1 saturated carbocycles. The predicted molar refractivity (Wildman–Crippen MR) is 83.8 cm³/mol. The standard InChI is InChI=1S/C14H17N3O2S.ClH/c1-18-10-4-2-5-11(8-10)20-9-12-16-13(17-19-12)14(15)6-3-7-14;/h2,4-5,8H,3,6-7,9,15H2,1H3;1H. The monoisotopic (exact) mass is 327 g/mol. The summed E-state index contributed by atoms with van der Waals surface area (Å²) in [6.45, 7) is 0. The van der Waals surface area contributed by atoms with Crippen LogP contribution < -0.4 is 10.5 Å². The average molecular weight is 328 g/mol. The molecule has 0 aliphatic heterocycles. The minimum atomic E-state index is -0.359. The number of nitrogens with zero attached hydrogens (tertiary/aromatic N) is 2. The van der Waals surface area contributed by atoms with Gasteiger partial charge in [-0.1, -0.05) is 11.2 Å². The summed E-state index contributed by atoms with van der Waals surface area (Å²) < 4.78 is 10.5. The van der Waals surface area contributed by atoms with Gasteiger partial charge in [-0.05, 0) is 37.5 Å². The number of aromatic nitrogens is 2. The highest BCUT2D eigenvalue weighted by molar-refractivity contribution is 7.98. The summed E-state index contributed by atoms with van der Waals surface area (Å²) in [6.07, 6.45) is 3.02. The van der Waals surface area contributed by atoms with Gasteiger partial charge in [0.15, 0.2) is 5.82 Å². The Labute approximate surface area is 134 Å². The first kappa shape index (κ1) is 16.1. The maximum absolute atomic E-state index is 6.17. The summed E-state index contributed by atoms with van der Waals surface area (Å²) in [5, 5.41) is 4.01. The molecule has 0 spiro atoms. The van der Waals surface area contributed by atoms with Gasteiger partial charge in [-0.25, -0.2) is 0 Å². The molecule has 114 valence electrons. The number of rotatable bonds is 5. The molecule has 5 nitrogen and oxygen atoms in total. The zero-order valence-electron chi connectivity index (χ0n) is 11.7. The zero-order valence-corrected chi connectivity index (χ0v) is 13.4. The van der Waals surface area contributed by atoms with Crippen LogP contribution in [0.5, 0.6) is 5.75 Å². The van der Waals surface area contributed by atoms with Crippen molar-refractivity contribution in [3.63, 3.8) is 0 Å². The van der Waals surface area contributed by atoms with Crippen molar-refractivity contribution in [2.45, 2.75) is 35.4 Å². The molecule has 1 heterocycles. The molecule has 0 radical (unpaired) electrons. The highest BCUT2D eigenvalue weighted by Gasteiger charge is 2.38. The number of methoxy groups -OCH3 is 1. The second-order valence-corrected chi connectivity index (χ2v) is 6.04. The van der Waals surface area contributed by atoms with Crippen LogP contribution in [0.25, 0.3) is 0 Å². The molecule has 1 aliphatic rings. The third-order valence-corrected chi connectivity index (χ3v) is 4.54. The van der Waals surface area contributed by atoms with E-state index in [1.54, 1.807) is 18.9 Å². The van der Waals surface area contributed by atoms with Crippen molar-refractivity contribution < 1.29 is 9.26 Å². The fraction of sp³-hybridized carbons (Fsp3) is 0.429. The minimum Gasteiger partial charge on any atom is -0.497 e. The molecule has 1 aromatic heterocycles. The number of thioether (sulfide) groups is 1. The molecular weight excluding hydrogens is 310 g/mol. The van der Waals surface area contributed by atoms with E-state index in [9.17, 15) is 0 Å². The average Bonchev–Trinajstić information content (AvgIpc) is 2.92. The van der Waals surface area contributed by atoms with Gasteiger partial charge in [-0.3, -0.25) is 0 Å². The number of hydrogen-bond acceptors (Lipinski definition) is 6. The lowest BCUT2D eigenvalue weighted by Crippen LogP contribution is -2.44. The summed E-state index contributed by atoms with van der Waals surface area (Å²) in [7, 11) is 1.66. The van der Waals surface area contributed by atoms with Crippen molar-refractivity contribution in [2.75, 3.05) is 7.11 Å². The second-order valence-electron chi connectivity index (χ2n) is 4.99. The predicted octanol–water partition coefficient (Wildman–Crippen LogP) is 3.13. The van der Waals surface area contributed by atoms with Crippen LogP contribution in [0.1, 0.15) is 31.0 Å². The molecule has 1 fully saturated rings. The van der Waals surface area contributed by atoms with Crippen molar-refractivity contribution in [3.8, 4) is 5.75 Å². The zero-order chi connectivity index (χ0) is 14.0. The molecule has 1 aromatic carbocycles. The molecule has 3 rings (SSSR count). The number of benzene rings is 1. The Balaban J connectivity index is 0.00000161. The van der Waals surface area contributed by atoms with Crippen LogP contribution >= 0.6 is 24.2 Å².